The Balaban J connectivity index is 1.75. The fourth-order valence-electron chi connectivity index (χ4n) is 2.35. The van der Waals surface area contributed by atoms with Crippen LogP contribution in [0.25, 0.3) is 0 Å². The minimum absolute atomic E-state index is 0.810. The molecule has 1 aliphatic rings. The van der Waals surface area contributed by atoms with Crippen molar-refractivity contribution in [1.82, 2.24) is 10.6 Å². The molecule has 0 spiro atoms. The summed E-state index contributed by atoms with van der Waals surface area (Å²) >= 11 is 1.88. The molecule has 0 amide bonds. The van der Waals surface area contributed by atoms with Crippen LogP contribution in [0.15, 0.2) is 11.4 Å². The van der Waals surface area contributed by atoms with E-state index in [1.165, 1.54) is 23.5 Å². The standard InChI is InChI=1S/C13H22N2S/c1-3-11-4-5-16-13(11)9-15-8-12-7-14-6-10(12)2/h4-5,10,12,14-15H,3,6-9H2,1-2H3. The molecular formula is C13H22N2S. The number of nitrogens with one attached hydrogen (secondary N) is 2. The topological polar surface area (TPSA) is 24.1 Å². The average molecular weight is 238 g/mol. The summed E-state index contributed by atoms with van der Waals surface area (Å²) in [6.07, 6.45) is 1.15. The number of rotatable bonds is 5. The Morgan fingerprint density at radius 2 is 2.38 bits per heavy atom. The molecule has 16 heavy (non-hydrogen) atoms. The van der Waals surface area contributed by atoms with Crippen LogP contribution in [0.5, 0.6) is 0 Å². The van der Waals surface area contributed by atoms with Gasteiger partial charge in [-0.2, -0.15) is 0 Å². The molecule has 2 nitrogen and oxygen atoms in total. The molecule has 1 aromatic heterocycles. The van der Waals surface area contributed by atoms with E-state index < -0.39 is 0 Å². The van der Waals surface area contributed by atoms with Gasteiger partial charge >= 0.3 is 0 Å². The molecule has 0 radical (unpaired) electrons. The van der Waals surface area contributed by atoms with Gasteiger partial charge in [0.05, 0.1) is 0 Å². The second-order valence-electron chi connectivity index (χ2n) is 4.75. The van der Waals surface area contributed by atoms with E-state index in [0.29, 0.717) is 0 Å². The summed E-state index contributed by atoms with van der Waals surface area (Å²) in [7, 11) is 0. The lowest BCUT2D eigenvalue weighted by molar-refractivity contribution is 0.420. The molecule has 1 aromatic rings. The molecule has 2 heterocycles. The van der Waals surface area contributed by atoms with Crippen molar-refractivity contribution in [2.75, 3.05) is 19.6 Å². The summed E-state index contributed by atoms with van der Waals surface area (Å²) in [5.41, 5.74) is 1.51. The second kappa shape index (κ2) is 5.80. The summed E-state index contributed by atoms with van der Waals surface area (Å²) < 4.78 is 0. The highest BCUT2D eigenvalue weighted by Gasteiger charge is 2.22. The average Bonchev–Trinajstić information content (AvgIpc) is 2.88. The highest BCUT2D eigenvalue weighted by Crippen LogP contribution is 2.18. The molecule has 1 fully saturated rings. The fraction of sp³-hybridized carbons (Fsp3) is 0.692. The van der Waals surface area contributed by atoms with Crippen molar-refractivity contribution in [3.8, 4) is 0 Å². The van der Waals surface area contributed by atoms with E-state index in [1.54, 1.807) is 0 Å². The van der Waals surface area contributed by atoms with Crippen LogP contribution in [-0.4, -0.2) is 19.6 Å². The van der Waals surface area contributed by atoms with Gasteiger partial charge in [-0.15, -0.1) is 11.3 Å². The van der Waals surface area contributed by atoms with Gasteiger partial charge in [0, 0.05) is 11.4 Å². The van der Waals surface area contributed by atoms with E-state index in [1.807, 2.05) is 11.3 Å². The van der Waals surface area contributed by atoms with Crippen LogP contribution in [-0.2, 0) is 13.0 Å². The third-order valence-corrected chi connectivity index (χ3v) is 4.55. The Bertz CT molecular complexity index is 321. The van der Waals surface area contributed by atoms with Crippen LogP contribution in [0, 0.1) is 11.8 Å². The van der Waals surface area contributed by atoms with E-state index in [9.17, 15) is 0 Å². The Morgan fingerprint density at radius 3 is 3.06 bits per heavy atom. The van der Waals surface area contributed by atoms with Crippen molar-refractivity contribution in [2.45, 2.75) is 26.8 Å². The van der Waals surface area contributed by atoms with Crippen molar-refractivity contribution in [3.63, 3.8) is 0 Å². The van der Waals surface area contributed by atoms with Crippen LogP contribution in [0.3, 0.4) is 0 Å². The van der Waals surface area contributed by atoms with Crippen LogP contribution in [0.4, 0.5) is 0 Å². The van der Waals surface area contributed by atoms with Gasteiger partial charge in [-0.05, 0) is 54.9 Å². The van der Waals surface area contributed by atoms with E-state index in [4.69, 9.17) is 0 Å². The van der Waals surface area contributed by atoms with Gasteiger partial charge in [0.1, 0.15) is 0 Å². The van der Waals surface area contributed by atoms with Crippen LogP contribution < -0.4 is 10.6 Å². The number of hydrogen-bond donors (Lipinski definition) is 2. The molecular weight excluding hydrogens is 216 g/mol. The Hall–Kier alpha value is -0.380. The van der Waals surface area contributed by atoms with Gasteiger partial charge in [-0.3, -0.25) is 0 Å². The van der Waals surface area contributed by atoms with E-state index in [-0.39, 0.29) is 0 Å². The first-order chi connectivity index (χ1) is 7.81. The zero-order valence-electron chi connectivity index (χ0n) is 10.3. The molecule has 2 N–H and O–H groups in total. The maximum atomic E-state index is 3.61. The van der Waals surface area contributed by atoms with Crippen molar-refractivity contribution in [2.24, 2.45) is 11.8 Å². The van der Waals surface area contributed by atoms with Gasteiger partial charge in [0.25, 0.3) is 0 Å². The number of aryl methyl sites for hydroxylation is 1. The van der Waals surface area contributed by atoms with Crippen molar-refractivity contribution in [3.05, 3.63) is 21.9 Å². The SMILES string of the molecule is CCc1ccsc1CNCC1CNCC1C. The fourth-order valence-corrected chi connectivity index (χ4v) is 3.29. The van der Waals surface area contributed by atoms with Gasteiger partial charge < -0.3 is 10.6 Å². The quantitative estimate of drug-likeness (QED) is 0.822. The lowest BCUT2D eigenvalue weighted by atomic mass is 9.98. The van der Waals surface area contributed by atoms with Gasteiger partial charge in [-0.25, -0.2) is 0 Å². The molecule has 2 unspecified atom stereocenters. The molecule has 2 rings (SSSR count). The predicted octanol–water partition coefficient (Wildman–Crippen LogP) is 2.26. The highest BCUT2D eigenvalue weighted by atomic mass is 32.1. The summed E-state index contributed by atoms with van der Waals surface area (Å²) in [6, 6.07) is 2.25. The summed E-state index contributed by atoms with van der Waals surface area (Å²) in [5.74, 6) is 1.63. The lowest BCUT2D eigenvalue weighted by Crippen LogP contribution is -2.26. The predicted molar refractivity (Wildman–Crippen MR) is 70.9 cm³/mol. The third-order valence-electron chi connectivity index (χ3n) is 3.59. The van der Waals surface area contributed by atoms with Gasteiger partial charge in [-0.1, -0.05) is 13.8 Å². The molecule has 1 aliphatic heterocycles. The van der Waals surface area contributed by atoms with Crippen molar-refractivity contribution < 1.29 is 0 Å². The zero-order chi connectivity index (χ0) is 11.4. The van der Waals surface area contributed by atoms with Crippen LogP contribution in [0.1, 0.15) is 24.3 Å². The molecule has 90 valence electrons. The van der Waals surface area contributed by atoms with Gasteiger partial charge in [0.2, 0.25) is 0 Å². The largest absolute Gasteiger partial charge is 0.316 e. The molecule has 0 saturated carbocycles. The first-order valence-electron chi connectivity index (χ1n) is 6.28. The third kappa shape index (κ3) is 2.84. The second-order valence-corrected chi connectivity index (χ2v) is 5.75. The minimum Gasteiger partial charge on any atom is -0.316 e. The zero-order valence-corrected chi connectivity index (χ0v) is 11.1. The summed E-state index contributed by atoms with van der Waals surface area (Å²) in [4.78, 5) is 1.51. The summed E-state index contributed by atoms with van der Waals surface area (Å²) in [6.45, 7) is 9.13. The normalized spacial score (nSPS) is 25.1. The first-order valence-corrected chi connectivity index (χ1v) is 7.16. The first kappa shape index (κ1) is 12.1. The number of thiophene rings is 1. The van der Waals surface area contributed by atoms with Crippen molar-refractivity contribution >= 4 is 11.3 Å². The molecule has 2 atom stereocenters. The Kier molecular flexibility index (Phi) is 4.38. The van der Waals surface area contributed by atoms with Crippen LogP contribution in [0.2, 0.25) is 0 Å². The number of hydrogen-bond acceptors (Lipinski definition) is 3. The van der Waals surface area contributed by atoms with E-state index >= 15 is 0 Å². The molecule has 3 heteroatoms. The smallest absolute Gasteiger partial charge is 0.0302 e. The lowest BCUT2D eigenvalue weighted by Gasteiger charge is -2.14. The monoisotopic (exact) mass is 238 g/mol. The Morgan fingerprint density at radius 1 is 1.50 bits per heavy atom. The maximum Gasteiger partial charge on any atom is 0.0302 e. The molecule has 0 aromatic carbocycles. The molecule has 1 saturated heterocycles. The summed E-state index contributed by atoms with van der Waals surface area (Å²) in [5, 5.41) is 9.26. The molecule has 0 aliphatic carbocycles. The highest BCUT2D eigenvalue weighted by molar-refractivity contribution is 7.10. The van der Waals surface area contributed by atoms with Gasteiger partial charge in [0.15, 0.2) is 0 Å². The molecule has 0 bridgehead atoms. The van der Waals surface area contributed by atoms with E-state index in [2.05, 4.69) is 35.9 Å². The maximum absolute atomic E-state index is 3.61. The van der Waals surface area contributed by atoms with Crippen LogP contribution >= 0.6 is 11.3 Å². The Labute approximate surface area is 102 Å². The minimum atomic E-state index is 0.810. The van der Waals surface area contributed by atoms with E-state index in [0.717, 1.165) is 31.3 Å². The van der Waals surface area contributed by atoms with Crippen molar-refractivity contribution in [1.29, 1.82) is 0 Å².